The zero-order valence-electron chi connectivity index (χ0n) is 21.2. The average molecular weight is 509 g/mol. The molecule has 0 radical (unpaired) electrons. The number of carboxylic acids is 1. The first-order valence-electron chi connectivity index (χ1n) is 13.1. The van der Waals surface area contributed by atoms with E-state index in [0.717, 1.165) is 86.3 Å². The third-order valence-electron chi connectivity index (χ3n) is 7.59. The molecule has 1 aliphatic rings. The standard InChI is InChI=1S/C30H37ClN2O3/c1-36-27-11-12-29-28(20-27)24(14-16-32-29)8-3-7-23-15-18-33(21-25(23)10-13-30(34)35)17-4-6-22-5-2-9-26(31)19-22/h2,5,9,11-12,14,16,19-20,23,25H,3-4,6-8,10,13,15,17-18,21H2,1H3,(H,34,35). The minimum absolute atomic E-state index is 0.256. The second-order valence-electron chi connectivity index (χ2n) is 10.0. The molecule has 2 atom stereocenters. The summed E-state index contributed by atoms with van der Waals surface area (Å²) in [5.74, 6) is 1.18. The highest BCUT2D eigenvalue weighted by Gasteiger charge is 2.29. The molecule has 0 aliphatic carbocycles. The van der Waals surface area contributed by atoms with Gasteiger partial charge in [0.2, 0.25) is 0 Å². The Morgan fingerprint density at radius 1 is 1.11 bits per heavy atom. The lowest BCUT2D eigenvalue weighted by atomic mass is 9.79. The van der Waals surface area contributed by atoms with Crippen molar-refractivity contribution in [2.24, 2.45) is 11.8 Å². The maximum Gasteiger partial charge on any atom is 0.303 e. The SMILES string of the molecule is COc1ccc2nccc(CCCC3CCN(CCCc4cccc(Cl)c4)CC3CCC(=O)O)c2c1. The number of pyridine rings is 1. The topological polar surface area (TPSA) is 62.7 Å². The number of ether oxygens (including phenoxy) is 1. The number of fused-ring (bicyclic) bond motifs is 1. The van der Waals surface area contributed by atoms with Gasteiger partial charge in [0.1, 0.15) is 5.75 Å². The summed E-state index contributed by atoms with van der Waals surface area (Å²) in [4.78, 5) is 18.4. The first-order chi connectivity index (χ1) is 17.5. The zero-order valence-corrected chi connectivity index (χ0v) is 21.9. The third-order valence-corrected chi connectivity index (χ3v) is 7.83. The number of rotatable bonds is 12. The van der Waals surface area contributed by atoms with Gasteiger partial charge < -0.3 is 14.7 Å². The number of hydrogen-bond donors (Lipinski definition) is 1. The Bertz CT molecular complexity index is 1150. The number of nitrogens with zero attached hydrogens (tertiary/aromatic N) is 2. The molecule has 0 saturated carbocycles. The van der Waals surface area contributed by atoms with Gasteiger partial charge in [-0.2, -0.15) is 0 Å². The maximum atomic E-state index is 11.3. The number of aliphatic carboxylic acids is 1. The first kappa shape index (κ1) is 26.4. The molecule has 1 fully saturated rings. The summed E-state index contributed by atoms with van der Waals surface area (Å²) in [5, 5.41) is 11.3. The van der Waals surface area contributed by atoms with E-state index in [4.69, 9.17) is 16.3 Å². The van der Waals surface area contributed by atoms with Crippen LogP contribution in [0, 0.1) is 11.8 Å². The summed E-state index contributed by atoms with van der Waals surface area (Å²) in [7, 11) is 1.69. The van der Waals surface area contributed by atoms with Crippen LogP contribution in [0.15, 0.2) is 54.7 Å². The van der Waals surface area contributed by atoms with Gasteiger partial charge in [-0.05, 0) is 117 Å². The van der Waals surface area contributed by atoms with Gasteiger partial charge >= 0.3 is 5.97 Å². The van der Waals surface area contributed by atoms with Gasteiger partial charge in [-0.15, -0.1) is 0 Å². The quantitative estimate of drug-likeness (QED) is 0.296. The number of benzene rings is 2. The van der Waals surface area contributed by atoms with Crippen LogP contribution in [0.5, 0.6) is 5.75 Å². The van der Waals surface area contributed by atoms with Gasteiger partial charge in [0.25, 0.3) is 0 Å². The van der Waals surface area contributed by atoms with E-state index in [1.165, 1.54) is 11.1 Å². The molecule has 0 amide bonds. The predicted octanol–water partition coefficient (Wildman–Crippen LogP) is 6.66. The molecule has 1 N–H and O–H groups in total. The van der Waals surface area contributed by atoms with Crippen LogP contribution in [0.25, 0.3) is 10.9 Å². The monoisotopic (exact) mass is 508 g/mol. The average Bonchev–Trinajstić information content (AvgIpc) is 2.88. The number of methoxy groups -OCH3 is 1. The fourth-order valence-electron chi connectivity index (χ4n) is 5.66. The van der Waals surface area contributed by atoms with E-state index in [2.05, 4.69) is 28.1 Å². The number of carboxylic acid groups (broad SMARTS) is 1. The van der Waals surface area contributed by atoms with E-state index in [0.29, 0.717) is 11.8 Å². The van der Waals surface area contributed by atoms with Crippen molar-refractivity contribution >= 4 is 28.5 Å². The second-order valence-corrected chi connectivity index (χ2v) is 10.5. The molecular formula is C30H37ClN2O3. The fourth-order valence-corrected chi connectivity index (χ4v) is 5.87. The van der Waals surface area contributed by atoms with Crippen LogP contribution in [0.3, 0.4) is 0 Å². The summed E-state index contributed by atoms with van der Waals surface area (Å²) in [6.45, 7) is 3.15. The van der Waals surface area contributed by atoms with Crippen LogP contribution >= 0.6 is 11.6 Å². The van der Waals surface area contributed by atoms with E-state index in [1.807, 2.05) is 36.5 Å². The number of aromatic nitrogens is 1. The van der Waals surface area contributed by atoms with Crippen molar-refractivity contribution in [2.45, 2.75) is 51.4 Å². The summed E-state index contributed by atoms with van der Waals surface area (Å²) in [5.41, 5.74) is 3.58. The van der Waals surface area contributed by atoms with E-state index in [1.54, 1.807) is 7.11 Å². The van der Waals surface area contributed by atoms with Crippen molar-refractivity contribution in [3.8, 4) is 5.75 Å². The van der Waals surface area contributed by atoms with Crippen molar-refractivity contribution in [3.05, 3.63) is 70.9 Å². The van der Waals surface area contributed by atoms with E-state index >= 15 is 0 Å². The summed E-state index contributed by atoms with van der Waals surface area (Å²) in [6.07, 6.45) is 9.40. The van der Waals surface area contributed by atoms with E-state index in [9.17, 15) is 9.90 Å². The van der Waals surface area contributed by atoms with Gasteiger partial charge in [0, 0.05) is 29.6 Å². The van der Waals surface area contributed by atoms with Crippen molar-refractivity contribution in [2.75, 3.05) is 26.7 Å². The Kier molecular flexibility index (Phi) is 9.60. The number of aryl methyl sites for hydroxylation is 2. The highest BCUT2D eigenvalue weighted by atomic mass is 35.5. The molecule has 1 saturated heterocycles. The van der Waals surface area contributed by atoms with Crippen LogP contribution in [0.2, 0.25) is 5.02 Å². The Morgan fingerprint density at radius 3 is 2.81 bits per heavy atom. The minimum atomic E-state index is -0.691. The van der Waals surface area contributed by atoms with Crippen molar-refractivity contribution in [1.82, 2.24) is 9.88 Å². The van der Waals surface area contributed by atoms with Crippen LogP contribution < -0.4 is 4.74 Å². The molecule has 2 aromatic carbocycles. The molecule has 0 bridgehead atoms. The molecule has 36 heavy (non-hydrogen) atoms. The van der Waals surface area contributed by atoms with Crippen molar-refractivity contribution < 1.29 is 14.6 Å². The largest absolute Gasteiger partial charge is 0.497 e. The molecule has 2 unspecified atom stereocenters. The van der Waals surface area contributed by atoms with Crippen LogP contribution in [-0.4, -0.2) is 47.7 Å². The number of likely N-dealkylation sites (tertiary alicyclic amines) is 1. The fraction of sp³-hybridized carbons (Fsp3) is 0.467. The molecule has 5 nitrogen and oxygen atoms in total. The Balaban J connectivity index is 1.31. The Hall–Kier alpha value is -2.63. The van der Waals surface area contributed by atoms with E-state index in [-0.39, 0.29) is 6.42 Å². The number of halogens is 1. The first-order valence-corrected chi connectivity index (χ1v) is 13.5. The van der Waals surface area contributed by atoms with Gasteiger partial charge in [-0.1, -0.05) is 23.7 Å². The van der Waals surface area contributed by atoms with Crippen LogP contribution in [0.1, 0.15) is 49.7 Å². The van der Waals surface area contributed by atoms with Gasteiger partial charge in [-0.25, -0.2) is 0 Å². The van der Waals surface area contributed by atoms with Gasteiger partial charge in [0.05, 0.1) is 12.6 Å². The second kappa shape index (κ2) is 13.1. The maximum absolute atomic E-state index is 11.3. The normalized spacial score (nSPS) is 18.4. The third kappa shape index (κ3) is 7.44. The molecule has 3 aromatic rings. The van der Waals surface area contributed by atoms with Crippen LogP contribution in [0.4, 0.5) is 0 Å². The summed E-state index contributed by atoms with van der Waals surface area (Å²) in [6, 6.07) is 16.3. The van der Waals surface area contributed by atoms with Crippen molar-refractivity contribution in [3.63, 3.8) is 0 Å². The highest BCUT2D eigenvalue weighted by Crippen LogP contribution is 2.32. The van der Waals surface area contributed by atoms with Crippen LogP contribution in [-0.2, 0) is 17.6 Å². The molecule has 1 aliphatic heterocycles. The van der Waals surface area contributed by atoms with Gasteiger partial charge in [0.15, 0.2) is 0 Å². The minimum Gasteiger partial charge on any atom is -0.497 e. The molecular weight excluding hydrogens is 472 g/mol. The summed E-state index contributed by atoms with van der Waals surface area (Å²) >= 11 is 6.12. The van der Waals surface area contributed by atoms with Gasteiger partial charge in [-0.3, -0.25) is 9.78 Å². The number of piperidine rings is 1. The van der Waals surface area contributed by atoms with Crippen molar-refractivity contribution in [1.29, 1.82) is 0 Å². The molecule has 4 rings (SSSR count). The highest BCUT2D eigenvalue weighted by molar-refractivity contribution is 6.30. The Labute approximate surface area is 219 Å². The lowest BCUT2D eigenvalue weighted by molar-refractivity contribution is -0.137. The lowest BCUT2D eigenvalue weighted by Crippen LogP contribution is -2.41. The number of hydrogen-bond acceptors (Lipinski definition) is 4. The number of carbonyl (C=O) groups is 1. The molecule has 1 aromatic heterocycles. The van der Waals surface area contributed by atoms with E-state index < -0.39 is 5.97 Å². The molecule has 192 valence electrons. The molecule has 6 heteroatoms. The predicted molar refractivity (Wildman–Crippen MR) is 146 cm³/mol. The molecule has 0 spiro atoms. The summed E-state index contributed by atoms with van der Waals surface area (Å²) < 4.78 is 5.42. The zero-order chi connectivity index (χ0) is 25.3. The smallest absolute Gasteiger partial charge is 0.303 e. The lowest BCUT2D eigenvalue weighted by Gasteiger charge is -2.39. The Morgan fingerprint density at radius 2 is 2.00 bits per heavy atom. The molecule has 2 heterocycles.